The van der Waals surface area contributed by atoms with Crippen LogP contribution in [0.5, 0.6) is 0 Å². The molecular weight excluding hydrogens is 402 g/mol. The van der Waals surface area contributed by atoms with Crippen LogP contribution in [0.15, 0.2) is 91.1 Å². The summed E-state index contributed by atoms with van der Waals surface area (Å²) in [6.45, 7) is 0. The van der Waals surface area contributed by atoms with Gasteiger partial charge in [-0.2, -0.15) is 5.10 Å². The summed E-state index contributed by atoms with van der Waals surface area (Å²) in [7, 11) is 1.33. The van der Waals surface area contributed by atoms with E-state index in [0.29, 0.717) is 24.1 Å². The number of hydrogen-bond donors (Lipinski definition) is 1. The minimum atomic E-state index is -0.410. The number of para-hydroxylation sites is 1. The van der Waals surface area contributed by atoms with Crippen molar-refractivity contribution in [3.05, 3.63) is 102 Å². The Bertz CT molecular complexity index is 1200. The molecule has 1 aromatic heterocycles. The van der Waals surface area contributed by atoms with Gasteiger partial charge in [0.2, 0.25) is 5.91 Å². The Morgan fingerprint density at radius 1 is 0.906 bits per heavy atom. The number of aromatic nitrogens is 2. The second kappa shape index (κ2) is 9.75. The molecule has 1 N–H and O–H groups in total. The predicted octanol–water partition coefficient (Wildman–Crippen LogP) is 4.90. The second-order valence-corrected chi connectivity index (χ2v) is 7.25. The molecule has 3 aromatic carbocycles. The number of esters is 1. The molecule has 6 nitrogen and oxygen atoms in total. The van der Waals surface area contributed by atoms with Gasteiger partial charge in [0.25, 0.3) is 0 Å². The minimum Gasteiger partial charge on any atom is -0.465 e. The highest BCUT2D eigenvalue weighted by Gasteiger charge is 2.15. The molecule has 0 aliphatic heterocycles. The van der Waals surface area contributed by atoms with Crippen molar-refractivity contribution < 1.29 is 14.3 Å². The molecule has 0 unspecified atom stereocenters. The topological polar surface area (TPSA) is 73.2 Å². The number of aryl methyl sites for hydroxylation is 1. The number of hydrogen-bond acceptors (Lipinski definition) is 4. The number of carbonyl (C=O) groups is 2. The van der Waals surface area contributed by atoms with E-state index >= 15 is 0 Å². The average molecular weight is 425 g/mol. The number of carbonyl (C=O) groups excluding carboxylic acids is 2. The van der Waals surface area contributed by atoms with Crippen LogP contribution in [0.4, 0.5) is 5.69 Å². The zero-order valence-corrected chi connectivity index (χ0v) is 17.7. The van der Waals surface area contributed by atoms with Crippen LogP contribution in [0, 0.1) is 0 Å². The average Bonchev–Trinajstić information content (AvgIpc) is 3.28. The Balaban J connectivity index is 1.50. The Kier molecular flexibility index (Phi) is 6.41. The van der Waals surface area contributed by atoms with Gasteiger partial charge < -0.3 is 10.1 Å². The summed E-state index contributed by atoms with van der Waals surface area (Å²) in [6, 6.07) is 26.6. The largest absolute Gasteiger partial charge is 0.465 e. The van der Waals surface area contributed by atoms with Crippen LogP contribution in [-0.4, -0.2) is 28.8 Å². The lowest BCUT2D eigenvalue weighted by Gasteiger charge is -2.11. The maximum absolute atomic E-state index is 12.6. The smallest absolute Gasteiger partial charge is 0.337 e. The fourth-order valence-electron chi connectivity index (χ4n) is 3.51. The van der Waals surface area contributed by atoms with E-state index in [1.165, 1.54) is 7.11 Å². The molecule has 0 atom stereocenters. The number of methoxy groups -OCH3 is 1. The van der Waals surface area contributed by atoms with Gasteiger partial charge in [-0.25, -0.2) is 9.48 Å². The van der Waals surface area contributed by atoms with Crippen LogP contribution in [0.2, 0.25) is 0 Å². The van der Waals surface area contributed by atoms with Crippen molar-refractivity contribution in [2.45, 2.75) is 12.8 Å². The van der Waals surface area contributed by atoms with Crippen LogP contribution >= 0.6 is 0 Å². The molecule has 0 fully saturated rings. The van der Waals surface area contributed by atoms with Crippen molar-refractivity contribution in [2.75, 3.05) is 12.4 Å². The molecular formula is C26H23N3O3. The highest BCUT2D eigenvalue weighted by Crippen LogP contribution is 2.27. The van der Waals surface area contributed by atoms with E-state index in [4.69, 9.17) is 4.74 Å². The molecule has 0 aliphatic rings. The number of benzene rings is 3. The second-order valence-electron chi connectivity index (χ2n) is 7.25. The van der Waals surface area contributed by atoms with E-state index in [1.807, 2.05) is 71.5 Å². The minimum absolute atomic E-state index is 0.109. The lowest BCUT2D eigenvalue weighted by atomic mass is 10.0. The van der Waals surface area contributed by atoms with E-state index < -0.39 is 5.97 Å². The Hall–Kier alpha value is -4.19. The van der Waals surface area contributed by atoms with E-state index in [-0.39, 0.29) is 5.91 Å². The van der Waals surface area contributed by atoms with Crippen molar-refractivity contribution in [3.8, 4) is 16.9 Å². The Labute approximate surface area is 186 Å². The van der Waals surface area contributed by atoms with Gasteiger partial charge in [0.15, 0.2) is 0 Å². The van der Waals surface area contributed by atoms with Crippen LogP contribution in [-0.2, 0) is 16.0 Å². The number of rotatable bonds is 7. The van der Waals surface area contributed by atoms with Crippen molar-refractivity contribution >= 4 is 17.6 Å². The maximum Gasteiger partial charge on any atom is 0.337 e. The molecule has 6 heteroatoms. The van der Waals surface area contributed by atoms with Crippen molar-refractivity contribution in [1.29, 1.82) is 0 Å². The molecule has 0 spiro atoms. The third-order valence-electron chi connectivity index (χ3n) is 5.10. The van der Waals surface area contributed by atoms with E-state index in [0.717, 1.165) is 22.5 Å². The summed E-state index contributed by atoms with van der Waals surface area (Å²) in [4.78, 5) is 24.1. The molecule has 4 aromatic rings. The monoisotopic (exact) mass is 425 g/mol. The van der Waals surface area contributed by atoms with Gasteiger partial charge in [0.1, 0.15) is 0 Å². The number of anilines is 1. The molecule has 160 valence electrons. The number of amides is 1. The van der Waals surface area contributed by atoms with Crippen LogP contribution in [0.3, 0.4) is 0 Å². The van der Waals surface area contributed by atoms with Gasteiger partial charge in [-0.1, -0.05) is 48.5 Å². The molecule has 0 aliphatic carbocycles. The van der Waals surface area contributed by atoms with Gasteiger partial charge in [-0.3, -0.25) is 4.79 Å². The van der Waals surface area contributed by atoms with Gasteiger partial charge in [0, 0.05) is 17.7 Å². The zero-order valence-electron chi connectivity index (χ0n) is 17.7. The third-order valence-corrected chi connectivity index (χ3v) is 5.10. The summed E-state index contributed by atoms with van der Waals surface area (Å²) in [5.74, 6) is -0.519. The molecule has 4 rings (SSSR count). The Morgan fingerprint density at radius 2 is 1.56 bits per heavy atom. The summed E-state index contributed by atoms with van der Waals surface area (Å²) < 4.78 is 6.60. The van der Waals surface area contributed by atoms with Crippen molar-refractivity contribution in [1.82, 2.24) is 9.78 Å². The summed E-state index contributed by atoms with van der Waals surface area (Å²) in [5, 5.41) is 7.48. The van der Waals surface area contributed by atoms with Gasteiger partial charge in [0.05, 0.1) is 30.3 Å². The predicted molar refractivity (Wildman–Crippen MR) is 124 cm³/mol. The maximum atomic E-state index is 12.6. The van der Waals surface area contributed by atoms with Crippen molar-refractivity contribution in [2.24, 2.45) is 0 Å². The quantitative estimate of drug-likeness (QED) is 0.428. The van der Waals surface area contributed by atoms with E-state index in [2.05, 4.69) is 10.4 Å². The van der Waals surface area contributed by atoms with Gasteiger partial charge in [-0.05, 0) is 48.4 Å². The highest BCUT2D eigenvalue weighted by atomic mass is 16.5. The fourth-order valence-corrected chi connectivity index (χ4v) is 3.51. The summed E-state index contributed by atoms with van der Waals surface area (Å²) >= 11 is 0. The fraction of sp³-hybridized carbons (Fsp3) is 0.115. The molecule has 0 saturated carbocycles. The lowest BCUT2D eigenvalue weighted by Crippen LogP contribution is -2.12. The molecule has 32 heavy (non-hydrogen) atoms. The number of nitrogens with zero attached hydrogens (tertiary/aromatic N) is 2. The standard InChI is InChI=1S/C26H23N3O3/c1-32-26(31)20-12-15-22(16-13-20)28-24(30)17-14-21-18-27-29(23-10-6-3-7-11-23)25(21)19-8-4-2-5-9-19/h2-13,15-16,18H,14,17H2,1H3,(H,28,30). The first-order chi connectivity index (χ1) is 15.7. The first kappa shape index (κ1) is 21.1. The SMILES string of the molecule is COC(=O)c1ccc(NC(=O)CCc2cnn(-c3ccccc3)c2-c2ccccc2)cc1. The molecule has 1 heterocycles. The van der Waals surface area contributed by atoms with Crippen LogP contribution < -0.4 is 5.32 Å². The lowest BCUT2D eigenvalue weighted by molar-refractivity contribution is -0.116. The number of nitrogens with one attached hydrogen (secondary N) is 1. The first-order valence-corrected chi connectivity index (χ1v) is 10.3. The Morgan fingerprint density at radius 3 is 2.22 bits per heavy atom. The van der Waals surface area contributed by atoms with Gasteiger partial charge in [-0.15, -0.1) is 0 Å². The van der Waals surface area contributed by atoms with E-state index in [1.54, 1.807) is 24.3 Å². The highest BCUT2D eigenvalue weighted by molar-refractivity contribution is 5.93. The normalized spacial score (nSPS) is 10.5. The van der Waals surface area contributed by atoms with E-state index in [9.17, 15) is 9.59 Å². The number of ether oxygens (including phenoxy) is 1. The molecule has 0 bridgehead atoms. The third kappa shape index (κ3) is 4.75. The molecule has 0 saturated heterocycles. The summed E-state index contributed by atoms with van der Waals surface area (Å²) in [6.07, 6.45) is 2.68. The van der Waals surface area contributed by atoms with Gasteiger partial charge >= 0.3 is 5.97 Å². The van der Waals surface area contributed by atoms with Crippen LogP contribution in [0.25, 0.3) is 16.9 Å². The first-order valence-electron chi connectivity index (χ1n) is 10.3. The molecule has 0 radical (unpaired) electrons. The summed E-state index contributed by atoms with van der Waals surface area (Å²) in [5.41, 5.74) is 5.05. The van der Waals surface area contributed by atoms with Crippen molar-refractivity contribution in [3.63, 3.8) is 0 Å². The molecule has 1 amide bonds. The zero-order chi connectivity index (χ0) is 22.3. The van der Waals surface area contributed by atoms with Crippen LogP contribution in [0.1, 0.15) is 22.3 Å².